The second-order valence-corrected chi connectivity index (χ2v) is 7.72. The highest BCUT2D eigenvalue weighted by molar-refractivity contribution is 7.99. The number of hydrogen-bond acceptors (Lipinski definition) is 4. The summed E-state index contributed by atoms with van der Waals surface area (Å²) in [5.41, 5.74) is 0. The van der Waals surface area contributed by atoms with E-state index < -0.39 is 0 Å². The van der Waals surface area contributed by atoms with E-state index in [1.807, 2.05) is 4.90 Å². The van der Waals surface area contributed by atoms with Gasteiger partial charge in [0.05, 0.1) is 6.54 Å². The molecule has 2 aliphatic rings. The smallest absolute Gasteiger partial charge is 0.234 e. The lowest BCUT2D eigenvalue weighted by molar-refractivity contribution is -0.132. The minimum Gasteiger partial charge on any atom is -0.352 e. The SMILES string of the molecule is O=C(CN1CCN(C(=O)CCSc2ccc(F)cc2)CC1)NC1CC1. The number of rotatable bonds is 7. The largest absolute Gasteiger partial charge is 0.352 e. The van der Waals surface area contributed by atoms with Crippen LogP contribution in [-0.2, 0) is 9.59 Å². The van der Waals surface area contributed by atoms with Crippen LogP contribution < -0.4 is 5.32 Å². The highest BCUT2D eigenvalue weighted by Crippen LogP contribution is 2.20. The van der Waals surface area contributed by atoms with Crippen molar-refractivity contribution in [2.45, 2.75) is 30.2 Å². The molecule has 1 saturated heterocycles. The van der Waals surface area contributed by atoms with Gasteiger partial charge < -0.3 is 10.2 Å². The minimum absolute atomic E-state index is 0.0953. The number of amides is 2. The van der Waals surface area contributed by atoms with Crippen LogP contribution in [0.3, 0.4) is 0 Å². The Morgan fingerprint density at radius 3 is 2.44 bits per heavy atom. The van der Waals surface area contributed by atoms with Crippen molar-refractivity contribution in [3.8, 4) is 0 Å². The van der Waals surface area contributed by atoms with E-state index in [2.05, 4.69) is 10.2 Å². The molecule has 1 aliphatic carbocycles. The Hall–Kier alpha value is -1.60. The van der Waals surface area contributed by atoms with Gasteiger partial charge in [-0.2, -0.15) is 0 Å². The van der Waals surface area contributed by atoms with Gasteiger partial charge >= 0.3 is 0 Å². The van der Waals surface area contributed by atoms with Gasteiger partial charge in [0.25, 0.3) is 0 Å². The van der Waals surface area contributed by atoms with E-state index in [1.54, 1.807) is 23.9 Å². The molecule has 1 aromatic carbocycles. The van der Waals surface area contributed by atoms with Gasteiger partial charge in [-0.1, -0.05) is 0 Å². The number of nitrogens with zero attached hydrogens (tertiary/aromatic N) is 2. The molecule has 2 amide bonds. The van der Waals surface area contributed by atoms with Crippen molar-refractivity contribution in [3.05, 3.63) is 30.1 Å². The van der Waals surface area contributed by atoms with Gasteiger partial charge in [-0.3, -0.25) is 14.5 Å². The molecule has 0 radical (unpaired) electrons. The van der Waals surface area contributed by atoms with Crippen molar-refractivity contribution in [1.82, 2.24) is 15.1 Å². The molecule has 1 aliphatic heterocycles. The third-order valence-electron chi connectivity index (χ3n) is 4.43. The molecule has 0 spiro atoms. The molecule has 0 bridgehead atoms. The lowest BCUT2D eigenvalue weighted by Gasteiger charge is -2.34. The lowest BCUT2D eigenvalue weighted by atomic mass is 10.3. The first-order valence-electron chi connectivity index (χ1n) is 8.78. The van der Waals surface area contributed by atoms with Gasteiger partial charge in [-0.25, -0.2) is 4.39 Å². The van der Waals surface area contributed by atoms with Crippen LogP contribution in [0.4, 0.5) is 4.39 Å². The van der Waals surface area contributed by atoms with Gasteiger partial charge in [0.15, 0.2) is 0 Å². The third-order valence-corrected chi connectivity index (χ3v) is 5.45. The Labute approximate surface area is 151 Å². The summed E-state index contributed by atoms with van der Waals surface area (Å²) in [5.74, 6) is 0.688. The maximum Gasteiger partial charge on any atom is 0.234 e. The van der Waals surface area contributed by atoms with Crippen LogP contribution in [0.15, 0.2) is 29.2 Å². The van der Waals surface area contributed by atoms with E-state index >= 15 is 0 Å². The summed E-state index contributed by atoms with van der Waals surface area (Å²) in [7, 11) is 0. The molecule has 136 valence electrons. The van der Waals surface area contributed by atoms with Crippen molar-refractivity contribution < 1.29 is 14.0 Å². The van der Waals surface area contributed by atoms with Gasteiger partial charge in [0.2, 0.25) is 11.8 Å². The van der Waals surface area contributed by atoms with Crippen LogP contribution in [0.5, 0.6) is 0 Å². The molecule has 7 heteroatoms. The zero-order valence-electron chi connectivity index (χ0n) is 14.2. The van der Waals surface area contributed by atoms with Gasteiger partial charge in [0.1, 0.15) is 5.82 Å². The zero-order chi connectivity index (χ0) is 17.6. The van der Waals surface area contributed by atoms with Crippen molar-refractivity contribution in [3.63, 3.8) is 0 Å². The first kappa shape index (κ1) is 18.2. The topological polar surface area (TPSA) is 52.7 Å². The molecule has 1 aromatic rings. The van der Waals surface area contributed by atoms with Crippen molar-refractivity contribution in [1.29, 1.82) is 0 Å². The summed E-state index contributed by atoms with van der Waals surface area (Å²) >= 11 is 1.56. The molecule has 1 N–H and O–H groups in total. The molecule has 0 unspecified atom stereocenters. The summed E-state index contributed by atoms with van der Waals surface area (Å²) in [5, 5.41) is 2.99. The van der Waals surface area contributed by atoms with Crippen LogP contribution >= 0.6 is 11.8 Å². The predicted molar refractivity (Wildman–Crippen MR) is 95.9 cm³/mol. The fraction of sp³-hybridized carbons (Fsp3) is 0.556. The van der Waals surface area contributed by atoms with E-state index in [9.17, 15) is 14.0 Å². The van der Waals surface area contributed by atoms with E-state index in [0.29, 0.717) is 37.8 Å². The molecule has 0 aromatic heterocycles. The van der Waals surface area contributed by atoms with Crippen LogP contribution in [0.2, 0.25) is 0 Å². The van der Waals surface area contributed by atoms with Crippen LogP contribution in [0.25, 0.3) is 0 Å². The average Bonchev–Trinajstić information content (AvgIpc) is 3.41. The average molecular weight is 365 g/mol. The highest BCUT2D eigenvalue weighted by atomic mass is 32.2. The quantitative estimate of drug-likeness (QED) is 0.748. The maximum absolute atomic E-state index is 12.9. The summed E-state index contributed by atoms with van der Waals surface area (Å²) in [6, 6.07) is 6.73. The number of carbonyl (C=O) groups excluding carboxylic acids is 2. The summed E-state index contributed by atoms with van der Waals surface area (Å²) in [4.78, 5) is 29.0. The van der Waals surface area contributed by atoms with Crippen molar-refractivity contribution >= 4 is 23.6 Å². The predicted octanol–water partition coefficient (Wildman–Crippen LogP) is 1.73. The Kier molecular flexibility index (Phi) is 6.31. The number of thioether (sulfide) groups is 1. The molecule has 2 fully saturated rings. The molecule has 25 heavy (non-hydrogen) atoms. The molecule has 1 saturated carbocycles. The van der Waals surface area contributed by atoms with E-state index in [-0.39, 0.29) is 17.6 Å². The third kappa shape index (κ3) is 6.01. The van der Waals surface area contributed by atoms with Gasteiger partial charge in [-0.15, -0.1) is 11.8 Å². The normalized spacial score (nSPS) is 18.2. The Bertz CT molecular complexity index is 599. The van der Waals surface area contributed by atoms with E-state index in [4.69, 9.17) is 0 Å². The highest BCUT2D eigenvalue weighted by Gasteiger charge is 2.26. The summed E-state index contributed by atoms with van der Waals surface area (Å²) < 4.78 is 12.9. The second kappa shape index (κ2) is 8.67. The Morgan fingerprint density at radius 1 is 1.12 bits per heavy atom. The van der Waals surface area contributed by atoms with Gasteiger partial charge in [-0.05, 0) is 37.1 Å². The molecule has 1 heterocycles. The summed E-state index contributed by atoms with van der Waals surface area (Å²) in [6.07, 6.45) is 2.68. The number of carbonyl (C=O) groups is 2. The van der Waals surface area contributed by atoms with Crippen LogP contribution in [-0.4, -0.2) is 66.1 Å². The lowest BCUT2D eigenvalue weighted by Crippen LogP contribution is -2.51. The number of halogens is 1. The molecule has 3 rings (SSSR count). The minimum atomic E-state index is -0.246. The molecule has 5 nitrogen and oxygen atoms in total. The van der Waals surface area contributed by atoms with Crippen molar-refractivity contribution in [2.24, 2.45) is 0 Å². The molecular formula is C18H24FN3O2S. The fourth-order valence-electron chi connectivity index (χ4n) is 2.80. The monoisotopic (exact) mass is 365 g/mol. The van der Waals surface area contributed by atoms with E-state index in [0.717, 1.165) is 30.8 Å². The van der Waals surface area contributed by atoms with Crippen molar-refractivity contribution in [2.75, 3.05) is 38.5 Å². The van der Waals surface area contributed by atoms with Crippen LogP contribution in [0, 0.1) is 5.82 Å². The number of benzene rings is 1. The molecule has 0 atom stereocenters. The number of hydrogen-bond donors (Lipinski definition) is 1. The van der Waals surface area contributed by atoms with E-state index in [1.165, 1.54) is 12.1 Å². The standard InChI is InChI=1S/C18H24FN3O2S/c19-14-1-5-16(6-2-14)25-12-7-18(24)22-10-8-21(9-11-22)13-17(23)20-15-3-4-15/h1-2,5-6,15H,3-4,7-13H2,(H,20,23). The second-order valence-electron chi connectivity index (χ2n) is 6.55. The zero-order valence-corrected chi connectivity index (χ0v) is 15.1. The fourth-order valence-corrected chi connectivity index (χ4v) is 3.65. The summed E-state index contributed by atoms with van der Waals surface area (Å²) in [6.45, 7) is 3.27. The first-order valence-corrected chi connectivity index (χ1v) is 9.76. The Balaban J connectivity index is 1.32. The van der Waals surface area contributed by atoms with Gasteiger partial charge in [0, 0.05) is 49.3 Å². The number of nitrogens with one attached hydrogen (secondary N) is 1. The first-order chi connectivity index (χ1) is 12.1. The molecular weight excluding hydrogens is 341 g/mol. The maximum atomic E-state index is 12.9. The van der Waals surface area contributed by atoms with Crippen LogP contribution in [0.1, 0.15) is 19.3 Å². The number of piperazine rings is 1. The Morgan fingerprint density at radius 2 is 1.80 bits per heavy atom.